The van der Waals surface area contributed by atoms with Crippen LogP contribution in [-0.2, 0) is 0 Å². The molecule has 3 rings (SSSR count). The Labute approximate surface area is 162 Å². The summed E-state index contributed by atoms with van der Waals surface area (Å²) in [6.45, 7) is -2.55. The van der Waals surface area contributed by atoms with E-state index in [-0.39, 0.29) is 5.92 Å². The molecule has 1 aromatic rings. The molecule has 2 aliphatic carbocycles. The molecule has 0 unspecified atom stereocenters. The quantitative estimate of drug-likeness (QED) is 0.466. The van der Waals surface area contributed by atoms with Gasteiger partial charge in [-0.3, -0.25) is 0 Å². The molecule has 28 heavy (non-hydrogen) atoms. The van der Waals surface area contributed by atoms with E-state index in [0.29, 0.717) is 5.56 Å². The molecule has 0 radical (unpaired) electrons. The highest BCUT2D eigenvalue weighted by Gasteiger charge is 2.31. The molecule has 2 fully saturated rings. The van der Waals surface area contributed by atoms with Crippen LogP contribution in [-0.4, -0.2) is 13.5 Å². The van der Waals surface area contributed by atoms with E-state index in [4.69, 9.17) is 0 Å². The van der Waals surface area contributed by atoms with Crippen molar-refractivity contribution in [3.63, 3.8) is 0 Å². The number of alkyl halides is 4. The molecule has 1 nitrogen and oxygen atoms in total. The van der Waals surface area contributed by atoms with Crippen LogP contribution in [0.1, 0.15) is 69.8 Å². The summed E-state index contributed by atoms with van der Waals surface area (Å²) in [6, 6.07) is 2.64. The Morgan fingerprint density at radius 3 is 1.71 bits per heavy atom. The monoisotopic (exact) mass is 410 g/mol. The Kier molecular flexibility index (Phi) is 8.96. The predicted molar refractivity (Wildman–Crippen MR) is 95.9 cm³/mol. The van der Waals surface area contributed by atoms with Gasteiger partial charge in [0.1, 0.15) is 0 Å². The SMILES string of the molecule is CC1CCC(C2CCC(c3cc(F)c(OCF)c(F)c3)CC2)CC1.FC(F)F. The maximum atomic E-state index is 13.9. The molecule has 0 bridgehead atoms. The fourth-order valence-corrected chi connectivity index (χ4v) is 4.69. The van der Waals surface area contributed by atoms with Gasteiger partial charge in [-0.1, -0.05) is 19.8 Å². The summed E-state index contributed by atoms with van der Waals surface area (Å²) in [4.78, 5) is 0. The summed E-state index contributed by atoms with van der Waals surface area (Å²) in [5, 5.41) is 0. The zero-order valence-corrected chi connectivity index (χ0v) is 16.1. The minimum Gasteiger partial charge on any atom is -0.457 e. The second-order valence-electron chi connectivity index (χ2n) is 7.95. The van der Waals surface area contributed by atoms with Gasteiger partial charge in [-0.05, 0) is 79.9 Å². The van der Waals surface area contributed by atoms with Gasteiger partial charge in [-0.2, -0.15) is 13.2 Å². The minimum absolute atomic E-state index is 0.201. The smallest absolute Gasteiger partial charge is 0.379 e. The molecule has 7 heteroatoms. The third kappa shape index (κ3) is 6.59. The number of benzene rings is 1. The molecule has 160 valence electrons. The third-order valence-electron chi connectivity index (χ3n) is 6.19. The Bertz CT molecular complexity index is 567. The van der Waals surface area contributed by atoms with Crippen molar-refractivity contribution in [3.05, 3.63) is 29.3 Å². The van der Waals surface area contributed by atoms with Gasteiger partial charge >= 0.3 is 6.68 Å². The van der Waals surface area contributed by atoms with Crippen molar-refractivity contribution in [3.8, 4) is 5.75 Å². The van der Waals surface area contributed by atoms with Crippen molar-refractivity contribution in [2.45, 2.75) is 70.9 Å². The highest BCUT2D eigenvalue weighted by atomic mass is 19.4. The van der Waals surface area contributed by atoms with Crippen LogP contribution in [0.5, 0.6) is 5.75 Å². The number of rotatable bonds is 4. The molecule has 2 aliphatic rings. The van der Waals surface area contributed by atoms with E-state index < -0.39 is 30.9 Å². The van der Waals surface area contributed by atoms with Crippen LogP contribution in [0, 0.1) is 29.4 Å². The number of ether oxygens (including phenoxy) is 1. The molecular formula is C21H28F6O. The van der Waals surface area contributed by atoms with Crippen LogP contribution >= 0.6 is 0 Å². The highest BCUT2D eigenvalue weighted by Crippen LogP contribution is 2.44. The van der Waals surface area contributed by atoms with Crippen LogP contribution in [0.25, 0.3) is 0 Å². The molecule has 0 aromatic heterocycles. The predicted octanol–water partition coefficient (Wildman–Crippen LogP) is 7.55. The Hall–Kier alpha value is -1.40. The normalized spacial score (nSPS) is 27.9. The summed E-state index contributed by atoms with van der Waals surface area (Å²) in [6.07, 6.45) is 9.64. The third-order valence-corrected chi connectivity index (χ3v) is 6.19. The first kappa shape index (κ1) is 22.9. The molecule has 0 saturated heterocycles. The molecular weight excluding hydrogens is 382 g/mol. The van der Waals surface area contributed by atoms with Gasteiger partial charge in [0, 0.05) is 0 Å². The number of halogens is 6. The number of hydrogen-bond donors (Lipinski definition) is 0. The molecule has 1 aromatic carbocycles. The first-order chi connectivity index (χ1) is 13.3. The standard InChI is InChI=1S/C20H27F3O.CHF3/c1-13-2-4-14(5-3-13)15-6-8-16(9-7-15)17-10-18(22)20(24-12-21)19(23)11-17;2-1(3)4/h10-11,13-16H,2-9,12H2,1H3;1H. The fraction of sp³-hybridized carbons (Fsp3) is 0.714. The Balaban J connectivity index is 0.000000640. The lowest BCUT2D eigenvalue weighted by Gasteiger charge is -2.37. The van der Waals surface area contributed by atoms with Gasteiger partial charge < -0.3 is 4.74 Å². The first-order valence-electron chi connectivity index (χ1n) is 9.91. The molecule has 0 amide bonds. The van der Waals surface area contributed by atoms with E-state index >= 15 is 0 Å². The lowest BCUT2D eigenvalue weighted by atomic mass is 9.68. The van der Waals surface area contributed by atoms with Crippen LogP contribution in [0.4, 0.5) is 26.3 Å². The fourth-order valence-electron chi connectivity index (χ4n) is 4.69. The summed E-state index contributed by atoms with van der Waals surface area (Å²) < 4.78 is 73.4. The molecule has 0 atom stereocenters. The van der Waals surface area contributed by atoms with Crippen molar-refractivity contribution in [1.29, 1.82) is 0 Å². The van der Waals surface area contributed by atoms with Gasteiger partial charge in [-0.25, -0.2) is 13.2 Å². The molecule has 2 saturated carbocycles. The minimum atomic E-state index is -3.67. The van der Waals surface area contributed by atoms with Crippen LogP contribution in [0.15, 0.2) is 12.1 Å². The average molecular weight is 410 g/mol. The molecule has 0 N–H and O–H groups in total. The van der Waals surface area contributed by atoms with E-state index in [0.717, 1.165) is 43.4 Å². The maximum absolute atomic E-state index is 13.9. The van der Waals surface area contributed by atoms with Crippen molar-refractivity contribution < 1.29 is 31.1 Å². The van der Waals surface area contributed by atoms with Crippen molar-refractivity contribution in [2.75, 3.05) is 6.86 Å². The summed E-state index contributed by atoms with van der Waals surface area (Å²) in [5.41, 5.74) is 0.687. The lowest BCUT2D eigenvalue weighted by Crippen LogP contribution is -2.24. The van der Waals surface area contributed by atoms with Gasteiger partial charge in [0.05, 0.1) is 0 Å². The zero-order valence-electron chi connectivity index (χ0n) is 16.1. The van der Waals surface area contributed by atoms with E-state index in [2.05, 4.69) is 11.7 Å². The molecule has 0 aliphatic heterocycles. The Morgan fingerprint density at radius 1 is 0.857 bits per heavy atom. The van der Waals surface area contributed by atoms with Crippen molar-refractivity contribution >= 4 is 0 Å². The van der Waals surface area contributed by atoms with Gasteiger partial charge in [0.15, 0.2) is 17.4 Å². The van der Waals surface area contributed by atoms with Gasteiger partial charge in [-0.15, -0.1) is 0 Å². The van der Waals surface area contributed by atoms with Crippen LogP contribution in [0.2, 0.25) is 0 Å². The second kappa shape index (κ2) is 11.0. The molecule has 0 spiro atoms. The van der Waals surface area contributed by atoms with Gasteiger partial charge in [0.2, 0.25) is 6.86 Å². The Morgan fingerprint density at radius 2 is 1.29 bits per heavy atom. The highest BCUT2D eigenvalue weighted by molar-refractivity contribution is 5.33. The summed E-state index contributed by atoms with van der Waals surface area (Å²) in [5.74, 6) is 0.484. The largest absolute Gasteiger partial charge is 0.457 e. The van der Waals surface area contributed by atoms with Crippen LogP contribution < -0.4 is 4.74 Å². The van der Waals surface area contributed by atoms with E-state index in [9.17, 15) is 26.3 Å². The van der Waals surface area contributed by atoms with Crippen LogP contribution in [0.3, 0.4) is 0 Å². The van der Waals surface area contributed by atoms with E-state index in [1.54, 1.807) is 0 Å². The van der Waals surface area contributed by atoms with Crippen molar-refractivity contribution in [2.24, 2.45) is 17.8 Å². The topological polar surface area (TPSA) is 9.23 Å². The van der Waals surface area contributed by atoms with Crippen molar-refractivity contribution in [1.82, 2.24) is 0 Å². The summed E-state index contributed by atoms with van der Waals surface area (Å²) >= 11 is 0. The van der Waals surface area contributed by atoms with Gasteiger partial charge in [0.25, 0.3) is 0 Å². The van der Waals surface area contributed by atoms with E-state index in [1.807, 2.05) is 0 Å². The zero-order chi connectivity index (χ0) is 20.7. The first-order valence-corrected chi connectivity index (χ1v) is 9.91. The maximum Gasteiger partial charge on any atom is 0.379 e. The average Bonchev–Trinajstić information content (AvgIpc) is 2.65. The second-order valence-corrected chi connectivity index (χ2v) is 7.95. The summed E-state index contributed by atoms with van der Waals surface area (Å²) in [7, 11) is 0. The number of hydrogen-bond acceptors (Lipinski definition) is 1. The molecule has 0 heterocycles. The lowest BCUT2D eigenvalue weighted by molar-refractivity contribution is 0.00819. The van der Waals surface area contributed by atoms with E-state index in [1.165, 1.54) is 37.8 Å².